The van der Waals surface area contributed by atoms with Crippen molar-refractivity contribution in [1.82, 2.24) is 9.97 Å². The molecular weight excluding hydrogens is 324 g/mol. The summed E-state index contributed by atoms with van der Waals surface area (Å²) in [5.74, 6) is 0.155. The Labute approximate surface area is 153 Å². The molecule has 0 spiro atoms. The molecule has 3 rings (SSSR count). The summed E-state index contributed by atoms with van der Waals surface area (Å²) in [4.78, 5) is 21.5. The summed E-state index contributed by atoms with van der Waals surface area (Å²) >= 11 is 0. The van der Waals surface area contributed by atoms with Gasteiger partial charge in [-0.3, -0.25) is 4.79 Å². The second kappa shape index (κ2) is 7.35. The lowest BCUT2D eigenvalue weighted by atomic mass is 10.1. The van der Waals surface area contributed by atoms with Crippen LogP contribution in [0.5, 0.6) is 0 Å². The molecule has 1 heterocycles. The predicted octanol–water partition coefficient (Wildman–Crippen LogP) is 4.71. The molecule has 5 nitrogen and oxygen atoms in total. The number of para-hydroxylation sites is 1. The van der Waals surface area contributed by atoms with Crippen molar-refractivity contribution in [2.45, 2.75) is 27.7 Å². The van der Waals surface area contributed by atoms with Crippen LogP contribution in [-0.2, 0) is 0 Å². The summed E-state index contributed by atoms with van der Waals surface area (Å²) in [5.41, 5.74) is 5.93. The number of nitrogens with zero attached hydrogens (tertiary/aromatic N) is 2. The highest BCUT2D eigenvalue weighted by atomic mass is 16.1. The standard InChI is InChI=1S/C21H22N4O/c1-13-7-5-10-17(11-13)23-21-22-16(4)12-18(24-21)20(26)25-19-14(2)8-6-9-15(19)3/h5-12H,1-4H3,(H,25,26)(H,22,23,24). The van der Waals surface area contributed by atoms with Gasteiger partial charge in [0.25, 0.3) is 5.91 Å². The van der Waals surface area contributed by atoms with E-state index in [1.807, 2.05) is 70.2 Å². The van der Waals surface area contributed by atoms with E-state index in [1.165, 1.54) is 0 Å². The fourth-order valence-corrected chi connectivity index (χ4v) is 2.78. The summed E-state index contributed by atoms with van der Waals surface area (Å²) in [6, 6.07) is 15.5. The highest BCUT2D eigenvalue weighted by molar-refractivity contribution is 6.04. The third kappa shape index (κ3) is 4.06. The first kappa shape index (κ1) is 17.6. The van der Waals surface area contributed by atoms with Crippen LogP contribution < -0.4 is 10.6 Å². The summed E-state index contributed by atoms with van der Waals surface area (Å²) in [6.07, 6.45) is 0. The number of amides is 1. The fraction of sp³-hybridized carbons (Fsp3) is 0.190. The molecule has 0 atom stereocenters. The topological polar surface area (TPSA) is 66.9 Å². The smallest absolute Gasteiger partial charge is 0.274 e. The van der Waals surface area contributed by atoms with E-state index >= 15 is 0 Å². The first-order valence-corrected chi connectivity index (χ1v) is 8.49. The average molecular weight is 346 g/mol. The van der Waals surface area contributed by atoms with Crippen LogP contribution in [0.4, 0.5) is 17.3 Å². The van der Waals surface area contributed by atoms with Crippen LogP contribution in [0.1, 0.15) is 32.9 Å². The molecular formula is C21H22N4O. The van der Waals surface area contributed by atoms with Crippen LogP contribution in [0.2, 0.25) is 0 Å². The first-order valence-electron chi connectivity index (χ1n) is 8.49. The van der Waals surface area contributed by atoms with E-state index in [1.54, 1.807) is 6.07 Å². The van der Waals surface area contributed by atoms with Crippen molar-refractivity contribution in [3.8, 4) is 0 Å². The number of hydrogen-bond acceptors (Lipinski definition) is 4. The minimum atomic E-state index is -0.250. The molecule has 0 bridgehead atoms. The number of aryl methyl sites for hydroxylation is 4. The molecule has 0 saturated carbocycles. The Hall–Kier alpha value is -3.21. The molecule has 132 valence electrons. The molecule has 0 aliphatic carbocycles. The number of rotatable bonds is 4. The Balaban J connectivity index is 1.86. The zero-order valence-corrected chi connectivity index (χ0v) is 15.4. The van der Waals surface area contributed by atoms with Gasteiger partial charge in [-0.05, 0) is 62.6 Å². The monoisotopic (exact) mass is 346 g/mol. The Morgan fingerprint density at radius 3 is 2.27 bits per heavy atom. The highest BCUT2D eigenvalue weighted by Gasteiger charge is 2.13. The molecule has 1 aromatic heterocycles. The van der Waals surface area contributed by atoms with E-state index < -0.39 is 0 Å². The zero-order valence-electron chi connectivity index (χ0n) is 15.4. The van der Waals surface area contributed by atoms with Crippen LogP contribution in [0.3, 0.4) is 0 Å². The van der Waals surface area contributed by atoms with Gasteiger partial charge in [-0.2, -0.15) is 0 Å². The van der Waals surface area contributed by atoms with Gasteiger partial charge in [-0.1, -0.05) is 30.3 Å². The summed E-state index contributed by atoms with van der Waals surface area (Å²) in [6.45, 7) is 7.81. The zero-order chi connectivity index (χ0) is 18.7. The van der Waals surface area contributed by atoms with Gasteiger partial charge < -0.3 is 10.6 Å². The molecule has 3 aromatic rings. The van der Waals surface area contributed by atoms with E-state index in [0.717, 1.165) is 33.8 Å². The predicted molar refractivity (Wildman–Crippen MR) is 105 cm³/mol. The third-order valence-electron chi connectivity index (χ3n) is 4.08. The first-order chi connectivity index (χ1) is 12.4. The molecule has 0 fully saturated rings. The van der Waals surface area contributed by atoms with E-state index in [2.05, 4.69) is 20.6 Å². The largest absolute Gasteiger partial charge is 0.324 e. The summed E-state index contributed by atoms with van der Waals surface area (Å²) in [5, 5.41) is 6.13. The van der Waals surface area contributed by atoms with Gasteiger partial charge in [-0.25, -0.2) is 9.97 Å². The minimum absolute atomic E-state index is 0.250. The minimum Gasteiger partial charge on any atom is -0.324 e. The lowest BCUT2D eigenvalue weighted by molar-refractivity contribution is 0.102. The van der Waals surface area contributed by atoms with Gasteiger partial charge in [0.2, 0.25) is 5.95 Å². The second-order valence-electron chi connectivity index (χ2n) is 6.43. The molecule has 26 heavy (non-hydrogen) atoms. The quantitative estimate of drug-likeness (QED) is 0.718. The Kier molecular flexibility index (Phi) is 4.98. The van der Waals surface area contributed by atoms with Crippen LogP contribution >= 0.6 is 0 Å². The van der Waals surface area contributed by atoms with E-state index in [9.17, 15) is 4.79 Å². The Morgan fingerprint density at radius 2 is 1.58 bits per heavy atom. The van der Waals surface area contributed by atoms with Crippen molar-refractivity contribution in [1.29, 1.82) is 0 Å². The van der Waals surface area contributed by atoms with Crippen molar-refractivity contribution >= 4 is 23.2 Å². The molecule has 0 saturated heterocycles. The number of nitrogens with one attached hydrogen (secondary N) is 2. The summed E-state index contributed by atoms with van der Waals surface area (Å²) in [7, 11) is 0. The number of carbonyl (C=O) groups is 1. The van der Waals surface area contributed by atoms with Crippen molar-refractivity contribution in [3.05, 3.63) is 76.6 Å². The number of hydrogen-bond donors (Lipinski definition) is 2. The van der Waals surface area contributed by atoms with Crippen LogP contribution in [-0.4, -0.2) is 15.9 Å². The highest BCUT2D eigenvalue weighted by Crippen LogP contribution is 2.21. The van der Waals surface area contributed by atoms with Crippen LogP contribution in [0.15, 0.2) is 48.5 Å². The summed E-state index contributed by atoms with van der Waals surface area (Å²) < 4.78 is 0. The molecule has 0 unspecified atom stereocenters. The van der Waals surface area contributed by atoms with Crippen molar-refractivity contribution in [2.75, 3.05) is 10.6 Å². The van der Waals surface area contributed by atoms with Crippen molar-refractivity contribution in [3.63, 3.8) is 0 Å². The van der Waals surface area contributed by atoms with Gasteiger partial charge in [0.05, 0.1) is 0 Å². The van der Waals surface area contributed by atoms with E-state index in [-0.39, 0.29) is 5.91 Å². The van der Waals surface area contributed by atoms with Gasteiger partial charge in [-0.15, -0.1) is 0 Å². The van der Waals surface area contributed by atoms with Crippen LogP contribution in [0, 0.1) is 27.7 Å². The second-order valence-corrected chi connectivity index (χ2v) is 6.43. The molecule has 0 radical (unpaired) electrons. The molecule has 0 aliphatic heterocycles. The van der Waals surface area contributed by atoms with Gasteiger partial charge >= 0.3 is 0 Å². The number of benzene rings is 2. The average Bonchev–Trinajstić information content (AvgIpc) is 2.57. The lowest BCUT2D eigenvalue weighted by Crippen LogP contribution is -2.17. The normalized spacial score (nSPS) is 10.5. The van der Waals surface area contributed by atoms with Gasteiger partial charge in [0.15, 0.2) is 0 Å². The van der Waals surface area contributed by atoms with Gasteiger partial charge in [0, 0.05) is 17.1 Å². The number of carbonyl (C=O) groups excluding carboxylic acids is 1. The Bertz CT molecular complexity index is 946. The van der Waals surface area contributed by atoms with Crippen molar-refractivity contribution in [2.24, 2.45) is 0 Å². The van der Waals surface area contributed by atoms with Crippen molar-refractivity contribution < 1.29 is 4.79 Å². The SMILES string of the molecule is Cc1cccc(Nc2nc(C)cc(C(=O)Nc3c(C)cccc3C)n2)c1. The molecule has 1 amide bonds. The maximum Gasteiger partial charge on any atom is 0.274 e. The molecule has 5 heteroatoms. The Morgan fingerprint density at radius 1 is 0.885 bits per heavy atom. The maximum absolute atomic E-state index is 12.7. The fourth-order valence-electron chi connectivity index (χ4n) is 2.78. The third-order valence-corrected chi connectivity index (χ3v) is 4.08. The molecule has 2 N–H and O–H groups in total. The number of aromatic nitrogens is 2. The van der Waals surface area contributed by atoms with Gasteiger partial charge in [0.1, 0.15) is 5.69 Å². The molecule has 2 aromatic carbocycles. The van der Waals surface area contributed by atoms with E-state index in [4.69, 9.17) is 0 Å². The maximum atomic E-state index is 12.7. The van der Waals surface area contributed by atoms with E-state index in [0.29, 0.717) is 11.6 Å². The molecule has 0 aliphatic rings. The van der Waals surface area contributed by atoms with Crippen LogP contribution in [0.25, 0.3) is 0 Å². The lowest BCUT2D eigenvalue weighted by Gasteiger charge is -2.12. The number of anilines is 3.